The van der Waals surface area contributed by atoms with Gasteiger partial charge < -0.3 is 29.4 Å². The summed E-state index contributed by atoms with van der Waals surface area (Å²) in [5, 5.41) is 32.9. The molecule has 1 atom stereocenters. The highest BCUT2D eigenvalue weighted by Crippen LogP contribution is 2.41. The molecule has 0 fully saturated rings. The number of nitrogens with one attached hydrogen (secondary N) is 1. The number of carbonyl (C=O) groups excluding carboxylic acids is 1. The summed E-state index contributed by atoms with van der Waals surface area (Å²) in [7, 11) is 2.92. The van der Waals surface area contributed by atoms with Crippen LogP contribution in [0, 0.1) is 18.3 Å². The summed E-state index contributed by atoms with van der Waals surface area (Å²) in [4.78, 5) is 25.6. The number of unbranched alkanes of at least 4 members (excludes halogenated alkanes) is 12. The van der Waals surface area contributed by atoms with E-state index >= 15 is 0 Å². The minimum atomic E-state index is -0.601. The van der Waals surface area contributed by atoms with Crippen molar-refractivity contribution in [2.75, 3.05) is 19.2 Å². The number of anilines is 1. The van der Waals surface area contributed by atoms with Gasteiger partial charge in [-0.2, -0.15) is 10.4 Å². The van der Waals surface area contributed by atoms with Crippen LogP contribution in [0.5, 0.6) is 17.4 Å². The van der Waals surface area contributed by atoms with Gasteiger partial charge in [-0.25, -0.2) is 0 Å². The van der Waals surface area contributed by atoms with Gasteiger partial charge in [-0.15, -0.1) is 5.11 Å². The summed E-state index contributed by atoms with van der Waals surface area (Å²) in [5.41, 5.74) is 1.43. The van der Waals surface area contributed by atoms with Crippen molar-refractivity contribution in [3.8, 4) is 23.4 Å². The van der Waals surface area contributed by atoms with Crippen LogP contribution in [0.25, 0.3) is 10.8 Å². The largest absolute Gasteiger partial charge is 0.493 e. The Labute approximate surface area is 336 Å². The summed E-state index contributed by atoms with van der Waals surface area (Å²) in [6.07, 6.45) is 16.1. The van der Waals surface area contributed by atoms with E-state index in [-0.39, 0.29) is 42.0 Å². The van der Waals surface area contributed by atoms with Gasteiger partial charge in [-0.1, -0.05) is 120 Å². The molecule has 1 unspecified atom stereocenters. The van der Waals surface area contributed by atoms with Crippen LogP contribution in [-0.2, 0) is 27.9 Å². The first-order valence-corrected chi connectivity index (χ1v) is 20.3. The average Bonchev–Trinajstić information content (AvgIpc) is 3.22. The fraction of sp³-hybridized carbons (Fsp3) is 0.489. The highest BCUT2D eigenvalue weighted by atomic mass is 16.7. The molecule has 0 aliphatic rings. The number of ether oxygens (including phenoxy) is 4. The molecule has 1 aromatic heterocycles. The maximum absolute atomic E-state index is 13.3. The Balaban J connectivity index is 1.40. The van der Waals surface area contributed by atoms with Crippen LogP contribution in [0.3, 0.4) is 0 Å². The van der Waals surface area contributed by atoms with Crippen LogP contribution in [0.15, 0.2) is 69.6 Å². The molecule has 4 aromatic rings. The topological polar surface area (TPSA) is 157 Å². The smallest absolute Gasteiger partial charge is 0.271 e. The molecule has 0 aliphatic carbocycles. The van der Waals surface area contributed by atoms with Gasteiger partial charge in [0.15, 0.2) is 24.5 Å². The molecule has 0 saturated carbocycles. The molecule has 306 valence electrons. The molecule has 1 heterocycles. The van der Waals surface area contributed by atoms with Crippen molar-refractivity contribution in [3.63, 3.8) is 0 Å². The Morgan fingerprint density at radius 1 is 0.895 bits per heavy atom. The molecule has 1 amide bonds. The van der Waals surface area contributed by atoms with Crippen LogP contribution in [0.1, 0.15) is 120 Å². The van der Waals surface area contributed by atoms with Crippen LogP contribution < -0.4 is 20.3 Å². The van der Waals surface area contributed by atoms with Gasteiger partial charge in [0.05, 0.1) is 11.4 Å². The normalized spacial score (nSPS) is 11.9. The molecular formula is C45H59N5O7. The lowest BCUT2D eigenvalue weighted by Crippen LogP contribution is -2.20. The SMILES string of the molecule is CCCCCCCCCCCCCCCC(=O)Nc1cc(OCc2ccc(/N=N/c3c(C)c(C#N)c(=O)n(C)c3O)cc2)c2ccccc2c1OCOC(C)OC. The fourth-order valence-corrected chi connectivity index (χ4v) is 6.50. The number of hydrogen-bond donors (Lipinski definition) is 2. The number of benzene rings is 3. The van der Waals surface area contributed by atoms with Crippen LogP contribution >= 0.6 is 0 Å². The highest BCUT2D eigenvalue weighted by molar-refractivity contribution is 6.02. The third-order valence-corrected chi connectivity index (χ3v) is 10.1. The van der Waals surface area contributed by atoms with Crippen molar-refractivity contribution in [2.24, 2.45) is 17.3 Å². The number of pyridine rings is 1. The van der Waals surface area contributed by atoms with E-state index in [0.29, 0.717) is 29.3 Å². The number of aromatic hydroxyl groups is 1. The lowest BCUT2D eigenvalue weighted by Gasteiger charge is -2.19. The summed E-state index contributed by atoms with van der Waals surface area (Å²) in [6.45, 7) is 5.71. The van der Waals surface area contributed by atoms with E-state index in [1.165, 1.54) is 71.3 Å². The number of azo groups is 1. The molecule has 0 saturated heterocycles. The summed E-state index contributed by atoms with van der Waals surface area (Å²) >= 11 is 0. The molecular weight excluding hydrogens is 723 g/mol. The second kappa shape index (κ2) is 23.7. The number of nitrogens with zero attached hydrogens (tertiary/aromatic N) is 4. The molecule has 2 N–H and O–H groups in total. The zero-order valence-electron chi connectivity index (χ0n) is 34.3. The Bertz CT molecular complexity index is 2020. The Morgan fingerprint density at radius 3 is 2.12 bits per heavy atom. The van der Waals surface area contributed by atoms with Gasteiger partial charge in [0, 0.05) is 43.0 Å². The van der Waals surface area contributed by atoms with Gasteiger partial charge in [-0.3, -0.25) is 14.2 Å². The quantitative estimate of drug-likeness (QED) is 0.0382. The number of fused-ring (bicyclic) bond motifs is 1. The predicted molar refractivity (Wildman–Crippen MR) is 224 cm³/mol. The van der Waals surface area contributed by atoms with Crippen molar-refractivity contribution in [1.29, 1.82) is 5.26 Å². The van der Waals surface area contributed by atoms with E-state index in [4.69, 9.17) is 18.9 Å². The van der Waals surface area contributed by atoms with Crippen LogP contribution in [0.4, 0.5) is 17.1 Å². The number of rotatable bonds is 25. The molecule has 0 aliphatic heterocycles. The van der Waals surface area contributed by atoms with Crippen molar-refractivity contribution < 1.29 is 28.8 Å². The zero-order valence-corrected chi connectivity index (χ0v) is 34.3. The van der Waals surface area contributed by atoms with Crippen molar-refractivity contribution in [1.82, 2.24) is 4.57 Å². The van der Waals surface area contributed by atoms with Gasteiger partial charge in [0.2, 0.25) is 11.8 Å². The maximum Gasteiger partial charge on any atom is 0.271 e. The third-order valence-electron chi connectivity index (χ3n) is 10.1. The zero-order chi connectivity index (χ0) is 41.0. The minimum absolute atomic E-state index is 0.0485. The first-order valence-electron chi connectivity index (χ1n) is 20.3. The molecule has 12 nitrogen and oxygen atoms in total. The average molecular weight is 782 g/mol. The van der Waals surface area contributed by atoms with E-state index < -0.39 is 11.8 Å². The number of methoxy groups -OCH3 is 1. The third kappa shape index (κ3) is 13.4. The molecule has 0 spiro atoms. The van der Waals surface area contributed by atoms with E-state index in [1.54, 1.807) is 39.2 Å². The van der Waals surface area contributed by atoms with E-state index in [2.05, 4.69) is 22.5 Å². The molecule has 4 rings (SSSR count). The van der Waals surface area contributed by atoms with Gasteiger partial charge in [0.1, 0.15) is 24.0 Å². The van der Waals surface area contributed by atoms with Gasteiger partial charge >= 0.3 is 0 Å². The van der Waals surface area contributed by atoms with E-state index in [0.717, 1.165) is 40.2 Å². The maximum atomic E-state index is 13.3. The molecule has 57 heavy (non-hydrogen) atoms. The highest BCUT2D eigenvalue weighted by Gasteiger charge is 2.19. The molecule has 0 bridgehead atoms. The van der Waals surface area contributed by atoms with Gasteiger partial charge in [0.25, 0.3) is 5.56 Å². The number of nitriles is 1. The number of amides is 1. The number of hydrogen-bond acceptors (Lipinski definition) is 10. The van der Waals surface area contributed by atoms with E-state index in [1.807, 2.05) is 42.5 Å². The Hall–Kier alpha value is -5.25. The lowest BCUT2D eigenvalue weighted by molar-refractivity contribution is -0.149. The second-order valence-corrected chi connectivity index (χ2v) is 14.4. The molecule has 3 aromatic carbocycles. The summed E-state index contributed by atoms with van der Waals surface area (Å²) < 4.78 is 24.3. The van der Waals surface area contributed by atoms with Crippen LogP contribution in [0.2, 0.25) is 0 Å². The molecule has 12 heteroatoms. The monoisotopic (exact) mass is 781 g/mol. The molecule has 0 radical (unpaired) electrons. The van der Waals surface area contributed by atoms with Crippen molar-refractivity contribution in [2.45, 2.75) is 124 Å². The summed E-state index contributed by atoms with van der Waals surface area (Å²) in [5.74, 6) is 0.584. The van der Waals surface area contributed by atoms with E-state index in [9.17, 15) is 20.0 Å². The standard InChI is InChI=1S/C45H59N5O7/c1-6-7-8-9-10-11-12-13-14-15-16-17-18-23-41(51)47-39-28-40(36-21-19-20-22-37(36)43(39)57-31-56-33(3)54-5)55-30-34-24-26-35(27-25-34)48-49-42-32(2)38(29-46)44(52)50(4)45(42)53/h19-22,24-28,33,53H,6-18,23,30-31H2,1-5H3,(H,47,51)/b49-48+. The van der Waals surface area contributed by atoms with Crippen molar-refractivity contribution >= 4 is 33.7 Å². The Morgan fingerprint density at radius 2 is 1.51 bits per heavy atom. The lowest BCUT2D eigenvalue weighted by atomic mass is 10.0. The Kier molecular flexibility index (Phi) is 18.5. The van der Waals surface area contributed by atoms with Crippen LogP contribution in [-0.4, -0.2) is 35.8 Å². The minimum Gasteiger partial charge on any atom is -0.493 e. The first-order chi connectivity index (χ1) is 27.7. The first kappa shape index (κ1) is 44.5. The second-order valence-electron chi connectivity index (χ2n) is 14.4. The summed E-state index contributed by atoms with van der Waals surface area (Å²) in [6, 6.07) is 18.5. The fourth-order valence-electron chi connectivity index (χ4n) is 6.50. The number of aromatic nitrogens is 1. The van der Waals surface area contributed by atoms with Crippen molar-refractivity contribution in [3.05, 3.63) is 81.6 Å². The number of carbonyl (C=O) groups is 1. The predicted octanol–water partition coefficient (Wildman–Crippen LogP) is 11.2. The van der Waals surface area contributed by atoms with Gasteiger partial charge in [-0.05, 0) is 38.0 Å².